The number of hydrogen-bond donors (Lipinski definition) is 2. The van der Waals surface area contributed by atoms with E-state index in [0.717, 1.165) is 5.56 Å². The lowest BCUT2D eigenvalue weighted by Crippen LogP contribution is -2.42. The highest BCUT2D eigenvalue weighted by atomic mass is 16.7. The lowest BCUT2D eigenvalue weighted by Gasteiger charge is -2.25. The fourth-order valence-corrected chi connectivity index (χ4v) is 1.47. The average Bonchev–Trinajstić information content (AvgIpc) is 2.43. The number of carboxylic acid groups (broad SMARTS) is 1. The third-order valence-corrected chi connectivity index (χ3v) is 2.70. The highest BCUT2D eigenvalue weighted by Gasteiger charge is 2.26. The number of hydrogen-bond acceptors (Lipinski definition) is 5. The van der Waals surface area contributed by atoms with Crippen LogP contribution in [0, 0.1) is 0 Å². The minimum Gasteiger partial charge on any atom is -0.480 e. The highest BCUT2D eigenvalue weighted by molar-refractivity contribution is 5.72. The maximum Gasteiger partial charge on any atom is 0.322 e. The van der Waals surface area contributed by atoms with Crippen LogP contribution in [-0.2, 0) is 25.8 Å². The minimum atomic E-state index is -1.03. The van der Waals surface area contributed by atoms with Crippen molar-refractivity contribution in [2.45, 2.75) is 45.4 Å². The molecule has 0 bridgehead atoms. The molecule has 1 unspecified atom stereocenters. The normalized spacial score (nSPS) is 12.7. The average molecular weight is 295 g/mol. The standard InChI is InChI=1S/C15H21NO5/c1-11(14(18)19)16-21-15(2,3)9-13(17)20-10-12-7-5-4-6-8-12/h4-8,11,16H,9-10H2,1-3H3,(H,18,19). The zero-order chi connectivity index (χ0) is 15.9. The van der Waals surface area contributed by atoms with Gasteiger partial charge in [-0.25, -0.2) is 0 Å². The van der Waals surface area contributed by atoms with E-state index in [2.05, 4.69) is 5.48 Å². The summed E-state index contributed by atoms with van der Waals surface area (Å²) < 4.78 is 5.16. The molecule has 0 aliphatic heterocycles. The van der Waals surface area contributed by atoms with E-state index < -0.39 is 23.6 Å². The summed E-state index contributed by atoms with van der Waals surface area (Å²) in [6.07, 6.45) is 0.0131. The molecule has 0 radical (unpaired) electrons. The smallest absolute Gasteiger partial charge is 0.322 e. The van der Waals surface area contributed by atoms with Crippen LogP contribution in [0.25, 0.3) is 0 Å². The van der Waals surface area contributed by atoms with E-state index in [-0.39, 0.29) is 13.0 Å². The van der Waals surface area contributed by atoms with Crippen LogP contribution in [0.15, 0.2) is 30.3 Å². The Bertz CT molecular complexity index is 472. The first-order valence-corrected chi connectivity index (χ1v) is 6.66. The Balaban J connectivity index is 2.36. The van der Waals surface area contributed by atoms with E-state index in [1.807, 2.05) is 30.3 Å². The second kappa shape index (κ2) is 7.75. The molecule has 1 rings (SSSR count). The molecule has 0 heterocycles. The van der Waals surface area contributed by atoms with Crippen LogP contribution in [0.2, 0.25) is 0 Å². The van der Waals surface area contributed by atoms with Crippen LogP contribution < -0.4 is 5.48 Å². The first-order chi connectivity index (χ1) is 9.80. The zero-order valence-corrected chi connectivity index (χ0v) is 12.5. The van der Waals surface area contributed by atoms with Crippen molar-refractivity contribution in [2.75, 3.05) is 0 Å². The number of carbonyl (C=O) groups excluding carboxylic acids is 1. The molecule has 6 heteroatoms. The second-order valence-corrected chi connectivity index (χ2v) is 5.36. The van der Waals surface area contributed by atoms with Crippen LogP contribution in [0.1, 0.15) is 32.8 Å². The number of benzene rings is 1. The number of nitrogens with one attached hydrogen (secondary N) is 1. The van der Waals surface area contributed by atoms with Crippen molar-refractivity contribution in [1.29, 1.82) is 0 Å². The summed E-state index contributed by atoms with van der Waals surface area (Å²) in [5, 5.41) is 8.74. The Morgan fingerprint density at radius 2 is 1.90 bits per heavy atom. The maximum absolute atomic E-state index is 11.8. The fourth-order valence-electron chi connectivity index (χ4n) is 1.47. The molecule has 6 nitrogen and oxygen atoms in total. The summed E-state index contributed by atoms with van der Waals surface area (Å²) in [5.74, 6) is -1.44. The van der Waals surface area contributed by atoms with Crippen LogP contribution >= 0.6 is 0 Å². The van der Waals surface area contributed by atoms with E-state index in [1.54, 1.807) is 13.8 Å². The van der Waals surface area contributed by atoms with E-state index in [4.69, 9.17) is 14.7 Å². The largest absolute Gasteiger partial charge is 0.480 e. The highest BCUT2D eigenvalue weighted by Crippen LogP contribution is 2.15. The number of hydroxylamine groups is 1. The number of carboxylic acids is 1. The summed E-state index contributed by atoms with van der Waals surface area (Å²) in [4.78, 5) is 27.7. The Kier molecular flexibility index (Phi) is 6.33. The molecule has 0 saturated heterocycles. The number of rotatable bonds is 8. The van der Waals surface area contributed by atoms with Gasteiger partial charge in [-0.1, -0.05) is 30.3 Å². The third kappa shape index (κ3) is 6.87. The first kappa shape index (κ1) is 17.1. The Labute approximate surface area is 124 Å². The lowest BCUT2D eigenvalue weighted by molar-refractivity contribution is -0.162. The lowest BCUT2D eigenvalue weighted by atomic mass is 10.1. The van der Waals surface area contributed by atoms with E-state index in [9.17, 15) is 9.59 Å². The van der Waals surface area contributed by atoms with Crippen LogP contribution in [0.5, 0.6) is 0 Å². The molecule has 0 amide bonds. The van der Waals surface area contributed by atoms with Crippen molar-refractivity contribution in [3.8, 4) is 0 Å². The predicted octanol–water partition coefficient (Wildman–Crippen LogP) is 1.89. The summed E-state index contributed by atoms with van der Waals surface area (Å²) in [6, 6.07) is 8.50. The molecule has 0 aliphatic carbocycles. The molecule has 0 saturated carbocycles. The molecule has 1 atom stereocenters. The number of ether oxygens (including phenoxy) is 1. The molecule has 0 fully saturated rings. The first-order valence-electron chi connectivity index (χ1n) is 6.66. The van der Waals surface area contributed by atoms with Gasteiger partial charge in [0.25, 0.3) is 0 Å². The zero-order valence-electron chi connectivity index (χ0n) is 12.5. The van der Waals surface area contributed by atoms with Crippen molar-refractivity contribution < 1.29 is 24.3 Å². The molecule has 1 aromatic carbocycles. The van der Waals surface area contributed by atoms with Gasteiger partial charge in [-0.05, 0) is 26.3 Å². The van der Waals surface area contributed by atoms with Gasteiger partial charge in [0.1, 0.15) is 12.6 Å². The van der Waals surface area contributed by atoms with Crippen molar-refractivity contribution in [3.63, 3.8) is 0 Å². The van der Waals surface area contributed by atoms with Crippen molar-refractivity contribution >= 4 is 11.9 Å². The molecule has 2 N–H and O–H groups in total. The number of aliphatic carboxylic acids is 1. The predicted molar refractivity (Wildman–Crippen MR) is 76.3 cm³/mol. The maximum atomic E-state index is 11.8. The van der Waals surface area contributed by atoms with Gasteiger partial charge in [-0.15, -0.1) is 0 Å². The van der Waals surface area contributed by atoms with Gasteiger partial charge < -0.3 is 9.84 Å². The molecular formula is C15H21NO5. The van der Waals surface area contributed by atoms with Gasteiger partial charge in [-0.3, -0.25) is 14.4 Å². The fraction of sp³-hybridized carbons (Fsp3) is 0.467. The molecule has 0 spiro atoms. The molecule has 116 valence electrons. The minimum absolute atomic E-state index is 0.0131. The van der Waals surface area contributed by atoms with Gasteiger partial charge in [0.05, 0.1) is 12.0 Å². The molecule has 21 heavy (non-hydrogen) atoms. The van der Waals surface area contributed by atoms with E-state index in [0.29, 0.717) is 0 Å². The molecule has 0 aliphatic rings. The van der Waals surface area contributed by atoms with E-state index >= 15 is 0 Å². The number of esters is 1. The summed E-state index contributed by atoms with van der Waals surface area (Å²) in [5.41, 5.74) is 2.44. The van der Waals surface area contributed by atoms with Gasteiger partial charge >= 0.3 is 11.9 Å². The van der Waals surface area contributed by atoms with Crippen LogP contribution in [0.3, 0.4) is 0 Å². The number of carbonyl (C=O) groups is 2. The molecule has 0 aromatic heterocycles. The van der Waals surface area contributed by atoms with Crippen LogP contribution in [-0.4, -0.2) is 28.7 Å². The Morgan fingerprint density at radius 3 is 2.48 bits per heavy atom. The molecule has 1 aromatic rings. The third-order valence-electron chi connectivity index (χ3n) is 2.70. The van der Waals surface area contributed by atoms with Gasteiger partial charge in [0.15, 0.2) is 0 Å². The summed E-state index contributed by atoms with van der Waals surface area (Å²) in [7, 11) is 0. The second-order valence-electron chi connectivity index (χ2n) is 5.36. The SMILES string of the molecule is CC(NOC(C)(C)CC(=O)OCc1ccccc1)C(=O)O. The van der Waals surface area contributed by atoms with Crippen molar-refractivity contribution in [1.82, 2.24) is 5.48 Å². The summed E-state index contributed by atoms with van der Waals surface area (Å²) in [6.45, 7) is 5.01. The summed E-state index contributed by atoms with van der Waals surface area (Å²) >= 11 is 0. The Morgan fingerprint density at radius 1 is 1.29 bits per heavy atom. The topological polar surface area (TPSA) is 84.9 Å². The quantitative estimate of drug-likeness (QED) is 0.563. The van der Waals surface area contributed by atoms with Crippen molar-refractivity contribution in [2.24, 2.45) is 0 Å². The van der Waals surface area contributed by atoms with Gasteiger partial charge in [-0.2, -0.15) is 5.48 Å². The van der Waals surface area contributed by atoms with Crippen LogP contribution in [0.4, 0.5) is 0 Å². The van der Waals surface area contributed by atoms with E-state index in [1.165, 1.54) is 6.92 Å². The van der Waals surface area contributed by atoms with Gasteiger partial charge in [0.2, 0.25) is 0 Å². The monoisotopic (exact) mass is 295 g/mol. The Hall–Kier alpha value is -1.92. The van der Waals surface area contributed by atoms with Gasteiger partial charge in [0, 0.05) is 0 Å². The van der Waals surface area contributed by atoms with Crippen molar-refractivity contribution in [3.05, 3.63) is 35.9 Å². The molecular weight excluding hydrogens is 274 g/mol.